The number of carboxylic acid groups (broad SMARTS) is 1. The lowest BCUT2D eigenvalue weighted by molar-refractivity contribution is -0.143. The van der Waals surface area contributed by atoms with Crippen LogP contribution in [0.1, 0.15) is 64.4 Å². The summed E-state index contributed by atoms with van der Waals surface area (Å²) in [5, 5.41) is 25.7. The highest BCUT2D eigenvalue weighted by Crippen LogP contribution is 2.30. The van der Waals surface area contributed by atoms with Gasteiger partial charge >= 0.3 is 5.97 Å². The first kappa shape index (κ1) is 45.3. The number of aliphatic carboxylic acids is 1. The van der Waals surface area contributed by atoms with Gasteiger partial charge in [-0.15, -0.1) is 0 Å². The molecule has 3 aromatic rings. The van der Waals surface area contributed by atoms with Crippen LogP contribution < -0.4 is 31.4 Å². The van der Waals surface area contributed by atoms with Crippen LogP contribution in [0.4, 0.5) is 11.4 Å². The Balaban J connectivity index is 1.34. The van der Waals surface area contributed by atoms with Crippen molar-refractivity contribution < 1.29 is 37.4 Å². The topological polar surface area (TPSA) is 204 Å². The van der Waals surface area contributed by atoms with Crippen molar-refractivity contribution >= 4 is 50.5 Å². The number of Topliss-reactive ketones (excluding diaryl/α,β-unsaturated/α-hetero) is 1. The Bertz CT molecular complexity index is 1850. The first-order valence-electron chi connectivity index (χ1n) is 19.0. The van der Waals surface area contributed by atoms with Crippen molar-refractivity contribution in [2.24, 2.45) is 16.9 Å². The molecule has 3 unspecified atom stereocenters. The fraction of sp³-hybridized carbons (Fsp3) is 0.439. The van der Waals surface area contributed by atoms with Crippen LogP contribution in [-0.4, -0.2) is 88.4 Å². The lowest BCUT2D eigenvalue weighted by Crippen LogP contribution is -2.38. The molecule has 0 radical (unpaired) electrons. The number of nitrogens with zero attached hydrogens (tertiary/aromatic N) is 1. The van der Waals surface area contributed by atoms with E-state index in [4.69, 9.17) is 4.74 Å². The number of hydrogen-bond donors (Lipinski definition) is 6. The second-order valence-corrected chi connectivity index (χ2v) is 15.5. The lowest BCUT2D eigenvalue weighted by atomic mass is 9.83. The number of para-hydroxylation sites is 2. The number of methoxy groups -OCH3 is 1. The molecule has 0 aliphatic rings. The number of ketones is 1. The summed E-state index contributed by atoms with van der Waals surface area (Å²) in [6.07, 6.45) is 2.97. The molecule has 14 nitrogen and oxygen atoms in total. The van der Waals surface area contributed by atoms with Gasteiger partial charge in [-0.25, -0.2) is 8.42 Å². The monoisotopic (exact) mass is 792 g/mol. The molecule has 0 aliphatic heterocycles. The summed E-state index contributed by atoms with van der Waals surface area (Å²) < 4.78 is 31.0. The van der Waals surface area contributed by atoms with Crippen LogP contribution in [0.5, 0.6) is 5.75 Å². The summed E-state index contributed by atoms with van der Waals surface area (Å²) in [5.74, 6) is -2.54. The largest absolute Gasteiger partial charge is 0.495 e. The molecule has 0 heterocycles. The molecule has 3 atom stereocenters. The van der Waals surface area contributed by atoms with Crippen LogP contribution in [0.2, 0.25) is 0 Å². The second kappa shape index (κ2) is 23.7. The fourth-order valence-electron chi connectivity index (χ4n) is 6.12. The Morgan fingerprint density at radius 3 is 2.04 bits per heavy atom. The van der Waals surface area contributed by atoms with Gasteiger partial charge in [0.15, 0.2) is 21.3 Å². The number of ether oxygens (including phenoxy) is 1. The Hall–Kier alpha value is -5.12. The molecule has 56 heavy (non-hydrogen) atoms. The van der Waals surface area contributed by atoms with Gasteiger partial charge in [-0.1, -0.05) is 56.3 Å². The number of hydrazone groups is 1. The molecule has 0 bridgehead atoms. The van der Waals surface area contributed by atoms with E-state index < -0.39 is 33.4 Å². The molecule has 3 aromatic carbocycles. The number of carbonyl (C=O) groups excluding carboxylic acids is 3. The van der Waals surface area contributed by atoms with E-state index >= 15 is 0 Å². The molecule has 3 rings (SSSR count). The molecule has 0 saturated carbocycles. The van der Waals surface area contributed by atoms with Crippen molar-refractivity contribution in [3.63, 3.8) is 0 Å². The van der Waals surface area contributed by atoms with Crippen molar-refractivity contribution in [1.29, 1.82) is 0 Å². The average molecular weight is 793 g/mol. The summed E-state index contributed by atoms with van der Waals surface area (Å²) in [4.78, 5) is 49.9. The van der Waals surface area contributed by atoms with E-state index in [-0.39, 0.29) is 40.6 Å². The van der Waals surface area contributed by atoms with Crippen molar-refractivity contribution in [2.75, 3.05) is 56.3 Å². The molecule has 0 spiro atoms. The Labute approximate surface area is 330 Å². The van der Waals surface area contributed by atoms with E-state index in [0.29, 0.717) is 69.0 Å². The van der Waals surface area contributed by atoms with Gasteiger partial charge in [0.05, 0.1) is 35.1 Å². The van der Waals surface area contributed by atoms with Crippen molar-refractivity contribution in [2.45, 2.75) is 63.7 Å². The molecule has 0 saturated heterocycles. The van der Waals surface area contributed by atoms with Crippen LogP contribution in [-0.2, 0) is 29.0 Å². The number of sulfone groups is 1. The predicted molar refractivity (Wildman–Crippen MR) is 219 cm³/mol. The molecule has 0 aliphatic carbocycles. The van der Waals surface area contributed by atoms with Gasteiger partial charge in [0.1, 0.15) is 5.75 Å². The quantitative estimate of drug-likeness (QED) is 0.0281. The minimum Gasteiger partial charge on any atom is -0.495 e. The zero-order chi connectivity index (χ0) is 40.9. The van der Waals surface area contributed by atoms with Crippen molar-refractivity contribution in [3.8, 4) is 5.75 Å². The van der Waals surface area contributed by atoms with Gasteiger partial charge in [-0.2, -0.15) is 5.10 Å². The first-order valence-corrected chi connectivity index (χ1v) is 20.6. The van der Waals surface area contributed by atoms with Gasteiger partial charge in [-0.3, -0.25) is 24.6 Å². The number of nitrogens with one attached hydrogen (secondary N) is 5. The van der Waals surface area contributed by atoms with Crippen molar-refractivity contribution in [3.05, 3.63) is 84.4 Å². The summed E-state index contributed by atoms with van der Waals surface area (Å²) in [6.45, 7) is 7.47. The standard InChI is InChI=1S/C41H56N6O8S/c1-5-30(16-17-33(41(51)52)28-31(6-2)32-12-8-7-9-13-32)39(49)44-25-24-42-22-23-43-26-27-56(53,54)35-20-18-34(19-21-35)46-47-38(29(3)48)40(50)45-36-14-10-11-15-37(36)55-4/h7-15,18-21,30-31,33,42-43,46H,5-6,16-17,22-28H2,1-4H3,(H,44,49)(H,45,50)(H,51,52)/b47-38-. The highest BCUT2D eigenvalue weighted by Gasteiger charge is 2.26. The zero-order valence-corrected chi connectivity index (χ0v) is 33.5. The predicted octanol–water partition coefficient (Wildman–Crippen LogP) is 4.85. The highest BCUT2D eigenvalue weighted by molar-refractivity contribution is 7.91. The smallest absolute Gasteiger partial charge is 0.306 e. The van der Waals surface area contributed by atoms with Gasteiger partial charge in [0.25, 0.3) is 5.91 Å². The normalized spacial score (nSPS) is 13.2. The number of carboxylic acids is 1. The minimum atomic E-state index is -3.59. The second-order valence-electron chi connectivity index (χ2n) is 13.4. The van der Waals surface area contributed by atoms with E-state index in [1.165, 1.54) is 38.3 Å². The lowest BCUT2D eigenvalue weighted by Gasteiger charge is -2.22. The third kappa shape index (κ3) is 14.8. The van der Waals surface area contributed by atoms with E-state index in [1.54, 1.807) is 24.3 Å². The number of amides is 2. The Morgan fingerprint density at radius 2 is 1.41 bits per heavy atom. The third-order valence-electron chi connectivity index (χ3n) is 9.45. The van der Waals surface area contributed by atoms with Crippen LogP contribution in [0, 0.1) is 11.8 Å². The Kier molecular flexibility index (Phi) is 19.2. The van der Waals surface area contributed by atoms with Crippen LogP contribution in [0.15, 0.2) is 88.9 Å². The SMILES string of the molecule is CCC(CCC(CC(CC)c1ccccc1)C(=O)O)C(=O)NCCNCCNCCS(=O)(=O)c1ccc(N/N=C(/C(C)=O)C(=O)Nc2ccccc2OC)cc1. The molecule has 0 fully saturated rings. The van der Waals surface area contributed by atoms with E-state index in [9.17, 15) is 32.7 Å². The van der Waals surface area contributed by atoms with Gasteiger partial charge in [0.2, 0.25) is 5.91 Å². The number of hydrogen-bond acceptors (Lipinski definition) is 11. The number of benzene rings is 3. The maximum Gasteiger partial charge on any atom is 0.306 e. The van der Waals surface area contributed by atoms with E-state index in [0.717, 1.165) is 12.0 Å². The van der Waals surface area contributed by atoms with E-state index in [2.05, 4.69) is 38.7 Å². The van der Waals surface area contributed by atoms with Gasteiger partial charge in [-0.05, 0) is 80.0 Å². The average Bonchev–Trinajstić information content (AvgIpc) is 3.19. The molecular weight excluding hydrogens is 737 g/mol. The molecule has 2 amide bonds. The van der Waals surface area contributed by atoms with Crippen LogP contribution in [0.3, 0.4) is 0 Å². The molecule has 304 valence electrons. The van der Waals surface area contributed by atoms with E-state index in [1.807, 2.05) is 37.3 Å². The summed E-state index contributed by atoms with van der Waals surface area (Å²) in [5.41, 5.74) is 4.16. The van der Waals surface area contributed by atoms with Crippen LogP contribution in [0.25, 0.3) is 0 Å². The number of carbonyl (C=O) groups is 4. The fourth-order valence-corrected chi connectivity index (χ4v) is 7.32. The third-order valence-corrected chi connectivity index (χ3v) is 11.2. The van der Waals surface area contributed by atoms with Crippen LogP contribution >= 0.6 is 0 Å². The Morgan fingerprint density at radius 1 is 0.786 bits per heavy atom. The minimum absolute atomic E-state index is 0.0816. The molecule has 6 N–H and O–H groups in total. The maximum absolute atomic E-state index is 12.9. The van der Waals surface area contributed by atoms with Crippen molar-refractivity contribution in [1.82, 2.24) is 16.0 Å². The number of rotatable bonds is 26. The highest BCUT2D eigenvalue weighted by atomic mass is 32.2. The molecule has 0 aromatic heterocycles. The zero-order valence-electron chi connectivity index (χ0n) is 32.7. The van der Waals surface area contributed by atoms with Gasteiger partial charge < -0.3 is 31.1 Å². The summed E-state index contributed by atoms with van der Waals surface area (Å²) in [7, 11) is -2.13. The summed E-state index contributed by atoms with van der Waals surface area (Å²) >= 11 is 0. The van der Waals surface area contributed by atoms with Gasteiger partial charge in [0, 0.05) is 45.6 Å². The summed E-state index contributed by atoms with van der Waals surface area (Å²) in [6, 6.07) is 22.5. The number of anilines is 2. The molecular formula is C41H56N6O8S. The first-order chi connectivity index (χ1) is 26.9. The maximum atomic E-state index is 12.9. The molecule has 15 heteroatoms.